The van der Waals surface area contributed by atoms with Crippen molar-refractivity contribution in [3.05, 3.63) is 116 Å². The van der Waals surface area contributed by atoms with Crippen molar-refractivity contribution in [1.29, 1.82) is 0 Å². The maximum atomic E-state index is 14.3. The van der Waals surface area contributed by atoms with Crippen molar-refractivity contribution in [3.63, 3.8) is 0 Å². The lowest BCUT2D eigenvalue weighted by atomic mass is 9.95. The molecule has 3 aromatic carbocycles. The Hall–Kier alpha value is -3.91. The van der Waals surface area contributed by atoms with Crippen molar-refractivity contribution in [2.75, 3.05) is 26.9 Å². The van der Waals surface area contributed by atoms with E-state index in [1.165, 1.54) is 23.0 Å². The first-order chi connectivity index (χ1) is 23.5. The topological polar surface area (TPSA) is 115 Å². The Morgan fingerprint density at radius 1 is 1.00 bits per heavy atom. The molecule has 2 heterocycles. The minimum Gasteiger partial charge on any atom is -0.490 e. The maximum absolute atomic E-state index is 14.3. The molecule has 0 aliphatic carbocycles. The Balaban J connectivity index is 1.64. The summed E-state index contributed by atoms with van der Waals surface area (Å²) in [5.74, 6) is -0.0453. The summed E-state index contributed by atoms with van der Waals surface area (Å²) in [6.45, 7) is 5.59. The number of halogens is 3. The number of nitrogens with zero attached hydrogens (tertiary/aromatic N) is 2. The zero-order chi connectivity index (χ0) is 35.2. The van der Waals surface area contributed by atoms with Crippen molar-refractivity contribution >= 4 is 72.8 Å². The van der Waals surface area contributed by atoms with Crippen molar-refractivity contribution < 1.29 is 33.3 Å². The second-order valence-corrected chi connectivity index (χ2v) is 13.7. The molecule has 256 valence electrons. The standard InChI is InChI=1S/C35H31Br2ClN2O8S/c1-5-45-27-14-21(9-12-26(27)47-18-29(41)44-4)31-30(34(43)46-6-2)19(3)39-35-40(31)33(42)28(49-35)15-22-13-24(38)16-25(37)32(22)48-17-20-7-10-23(36)11-8-20/h7-16,31H,5-6,17-18H2,1-4H3/b28-15+/t31-/m1/s1. The van der Waals surface area contributed by atoms with Crippen LogP contribution in [0.15, 0.2) is 84.6 Å². The maximum Gasteiger partial charge on any atom is 0.343 e. The van der Waals surface area contributed by atoms with Crippen molar-refractivity contribution in [2.45, 2.75) is 33.4 Å². The lowest BCUT2D eigenvalue weighted by Gasteiger charge is -2.25. The van der Waals surface area contributed by atoms with Gasteiger partial charge < -0.3 is 23.7 Å². The molecule has 0 amide bonds. The lowest BCUT2D eigenvalue weighted by molar-refractivity contribution is -0.143. The summed E-state index contributed by atoms with van der Waals surface area (Å²) >= 11 is 14.6. The fourth-order valence-corrected chi connectivity index (χ4v) is 7.35. The summed E-state index contributed by atoms with van der Waals surface area (Å²) in [5, 5.41) is 0.443. The Kier molecular flexibility index (Phi) is 12.0. The number of allylic oxidation sites excluding steroid dienone is 1. The van der Waals surface area contributed by atoms with E-state index in [1.807, 2.05) is 24.3 Å². The van der Waals surface area contributed by atoms with E-state index in [2.05, 4.69) is 41.6 Å². The zero-order valence-electron chi connectivity index (χ0n) is 26.9. The average molecular weight is 835 g/mol. The highest BCUT2D eigenvalue weighted by atomic mass is 79.9. The zero-order valence-corrected chi connectivity index (χ0v) is 31.6. The van der Waals surface area contributed by atoms with E-state index >= 15 is 0 Å². The Morgan fingerprint density at radius 3 is 2.45 bits per heavy atom. The predicted molar refractivity (Wildman–Crippen MR) is 193 cm³/mol. The molecule has 49 heavy (non-hydrogen) atoms. The average Bonchev–Trinajstić information content (AvgIpc) is 3.37. The molecule has 5 rings (SSSR count). The number of rotatable bonds is 12. The number of carbonyl (C=O) groups excluding carboxylic acids is 2. The number of hydrogen-bond donors (Lipinski definition) is 0. The molecule has 0 radical (unpaired) electrons. The number of fused-ring (bicyclic) bond motifs is 1. The van der Waals surface area contributed by atoms with Crippen molar-refractivity contribution in [1.82, 2.24) is 4.57 Å². The molecule has 1 aliphatic heterocycles. The van der Waals surface area contributed by atoms with Crippen LogP contribution in [0.2, 0.25) is 5.02 Å². The van der Waals surface area contributed by atoms with Gasteiger partial charge in [0, 0.05) is 15.1 Å². The first-order valence-electron chi connectivity index (χ1n) is 15.1. The number of thiazole rings is 1. The molecule has 4 aromatic rings. The first kappa shape index (κ1) is 36.4. The number of methoxy groups -OCH3 is 1. The molecule has 1 aromatic heterocycles. The summed E-state index contributed by atoms with van der Waals surface area (Å²) in [7, 11) is 1.27. The molecule has 10 nitrogen and oxygen atoms in total. The van der Waals surface area contributed by atoms with E-state index in [9.17, 15) is 14.4 Å². The fourth-order valence-electron chi connectivity index (χ4n) is 5.10. The SMILES string of the molecule is CCOC(=O)C1=C(C)N=c2s/c(=C/c3cc(Cl)cc(Br)c3OCc3ccc(Br)cc3)c(=O)n2[C@@H]1c1ccc(OCC(=O)OC)c(OCC)c1. The van der Waals surface area contributed by atoms with Crippen LogP contribution in [-0.2, 0) is 25.7 Å². The molecule has 1 atom stereocenters. The van der Waals surface area contributed by atoms with Gasteiger partial charge in [-0.05, 0) is 90.3 Å². The summed E-state index contributed by atoms with van der Waals surface area (Å²) in [5.41, 5.74) is 2.29. The number of hydrogen-bond acceptors (Lipinski definition) is 10. The van der Waals surface area contributed by atoms with Crippen LogP contribution < -0.4 is 29.1 Å². The van der Waals surface area contributed by atoms with Gasteiger partial charge in [0.1, 0.15) is 12.4 Å². The van der Waals surface area contributed by atoms with Crippen LogP contribution in [0.1, 0.15) is 43.5 Å². The number of aromatic nitrogens is 1. The number of esters is 2. The van der Waals surface area contributed by atoms with Crippen LogP contribution in [-0.4, -0.2) is 43.4 Å². The number of carbonyl (C=O) groups is 2. The monoisotopic (exact) mass is 832 g/mol. The van der Waals surface area contributed by atoms with Crippen LogP contribution in [0.4, 0.5) is 0 Å². The van der Waals surface area contributed by atoms with Gasteiger partial charge in [-0.25, -0.2) is 14.6 Å². The summed E-state index contributed by atoms with van der Waals surface area (Å²) in [6.07, 6.45) is 1.70. The van der Waals surface area contributed by atoms with Gasteiger partial charge in [-0.1, -0.05) is 57.1 Å². The van der Waals surface area contributed by atoms with Crippen LogP contribution in [0.3, 0.4) is 0 Å². The van der Waals surface area contributed by atoms with Gasteiger partial charge >= 0.3 is 11.9 Å². The van der Waals surface area contributed by atoms with Gasteiger partial charge in [-0.3, -0.25) is 9.36 Å². The van der Waals surface area contributed by atoms with Crippen LogP contribution in [0, 0.1) is 0 Å². The third-order valence-corrected chi connectivity index (χ3v) is 9.61. The highest BCUT2D eigenvalue weighted by Gasteiger charge is 2.34. The van der Waals surface area contributed by atoms with Gasteiger partial charge in [0.15, 0.2) is 22.9 Å². The normalized spacial score (nSPS) is 14.2. The van der Waals surface area contributed by atoms with Gasteiger partial charge in [0.2, 0.25) is 0 Å². The summed E-state index contributed by atoms with van der Waals surface area (Å²) in [4.78, 5) is 44.5. The highest BCUT2D eigenvalue weighted by Crippen LogP contribution is 2.37. The third-order valence-electron chi connectivity index (χ3n) is 7.29. The summed E-state index contributed by atoms with van der Waals surface area (Å²) in [6, 6.07) is 15.3. The highest BCUT2D eigenvalue weighted by molar-refractivity contribution is 9.10. The predicted octanol–water partition coefficient (Wildman–Crippen LogP) is 6.51. The molecular weight excluding hydrogens is 804 g/mol. The van der Waals surface area contributed by atoms with Crippen LogP contribution in [0.25, 0.3) is 6.08 Å². The Bertz CT molecular complexity index is 2110. The van der Waals surface area contributed by atoms with E-state index in [0.29, 0.717) is 59.5 Å². The van der Waals surface area contributed by atoms with E-state index in [4.69, 9.17) is 30.5 Å². The minimum atomic E-state index is -0.912. The minimum absolute atomic E-state index is 0.129. The van der Waals surface area contributed by atoms with E-state index in [-0.39, 0.29) is 31.0 Å². The fraction of sp³-hybridized carbons (Fsp3) is 0.257. The van der Waals surface area contributed by atoms with E-state index < -0.39 is 18.0 Å². The number of benzene rings is 3. The van der Waals surface area contributed by atoms with Crippen LogP contribution in [0.5, 0.6) is 17.2 Å². The molecule has 0 fully saturated rings. The largest absolute Gasteiger partial charge is 0.490 e. The van der Waals surface area contributed by atoms with Crippen molar-refractivity contribution in [3.8, 4) is 17.2 Å². The summed E-state index contributed by atoms with van der Waals surface area (Å²) < 4.78 is 31.2. The molecule has 0 saturated carbocycles. The lowest BCUT2D eigenvalue weighted by Crippen LogP contribution is -2.40. The second-order valence-electron chi connectivity index (χ2n) is 10.5. The van der Waals surface area contributed by atoms with E-state index in [1.54, 1.807) is 57.2 Å². The molecule has 14 heteroatoms. The molecule has 0 N–H and O–H groups in total. The smallest absolute Gasteiger partial charge is 0.343 e. The van der Waals surface area contributed by atoms with Gasteiger partial charge in [-0.15, -0.1) is 0 Å². The molecule has 0 spiro atoms. The van der Waals surface area contributed by atoms with Gasteiger partial charge in [0.25, 0.3) is 5.56 Å². The van der Waals surface area contributed by atoms with Crippen LogP contribution >= 0.6 is 54.8 Å². The molecular formula is C35H31Br2ClN2O8S. The Labute approximate surface area is 307 Å². The molecule has 0 bridgehead atoms. The van der Waals surface area contributed by atoms with E-state index in [0.717, 1.165) is 10.0 Å². The first-order valence-corrected chi connectivity index (χ1v) is 17.8. The quantitative estimate of drug-likeness (QED) is 0.149. The third kappa shape index (κ3) is 8.29. The molecule has 1 aliphatic rings. The Morgan fingerprint density at radius 2 is 1.76 bits per heavy atom. The number of ether oxygens (including phenoxy) is 5. The molecule has 0 unspecified atom stereocenters. The van der Waals surface area contributed by atoms with Gasteiger partial charge in [-0.2, -0.15) is 0 Å². The van der Waals surface area contributed by atoms with Crippen molar-refractivity contribution in [2.24, 2.45) is 4.99 Å². The molecule has 0 saturated heterocycles. The van der Waals surface area contributed by atoms with Gasteiger partial charge in [0.05, 0.1) is 46.6 Å². The second kappa shape index (κ2) is 16.2.